The monoisotopic (exact) mass is 229 g/mol. The fourth-order valence-electron chi connectivity index (χ4n) is 2.18. The van der Waals surface area contributed by atoms with E-state index in [0.717, 1.165) is 5.69 Å². The lowest BCUT2D eigenvalue weighted by atomic mass is 10.1. The molecule has 86 valence electrons. The van der Waals surface area contributed by atoms with Gasteiger partial charge in [-0.15, -0.1) is 0 Å². The minimum Gasteiger partial charge on any atom is -0.497 e. The van der Waals surface area contributed by atoms with Crippen LogP contribution in [0.3, 0.4) is 0 Å². The number of ether oxygens (including phenoxy) is 2. The zero-order chi connectivity index (χ0) is 12.0. The highest BCUT2D eigenvalue weighted by Crippen LogP contribution is 2.37. The van der Waals surface area contributed by atoms with Gasteiger partial charge < -0.3 is 14.0 Å². The van der Waals surface area contributed by atoms with E-state index in [1.165, 1.54) is 0 Å². The molecule has 0 spiro atoms. The maximum absolute atomic E-state index is 12.2. The highest BCUT2D eigenvalue weighted by atomic mass is 16.5. The van der Waals surface area contributed by atoms with Crippen molar-refractivity contribution in [1.29, 1.82) is 0 Å². The number of nitrogens with zero attached hydrogens (tertiary/aromatic N) is 1. The van der Waals surface area contributed by atoms with Crippen molar-refractivity contribution in [2.75, 3.05) is 14.2 Å². The van der Waals surface area contributed by atoms with E-state index in [1.807, 2.05) is 22.9 Å². The van der Waals surface area contributed by atoms with Crippen LogP contribution in [0.5, 0.6) is 11.5 Å². The van der Waals surface area contributed by atoms with Crippen LogP contribution in [-0.4, -0.2) is 24.6 Å². The molecule has 2 heterocycles. The van der Waals surface area contributed by atoms with Crippen LogP contribution in [0.1, 0.15) is 16.1 Å². The molecule has 4 nitrogen and oxygen atoms in total. The van der Waals surface area contributed by atoms with Gasteiger partial charge >= 0.3 is 0 Å². The summed E-state index contributed by atoms with van der Waals surface area (Å²) in [5.41, 5.74) is 2.07. The number of hydrogen-bond acceptors (Lipinski definition) is 3. The summed E-state index contributed by atoms with van der Waals surface area (Å²) in [6.45, 7) is 0. The van der Waals surface area contributed by atoms with Crippen LogP contribution in [0, 0.1) is 0 Å². The largest absolute Gasteiger partial charge is 0.497 e. The molecular formula is C13H11NO3. The third kappa shape index (κ3) is 1.21. The summed E-state index contributed by atoms with van der Waals surface area (Å²) in [6, 6.07) is 7.21. The molecule has 0 saturated heterocycles. The smallest absolute Gasteiger partial charge is 0.215 e. The van der Waals surface area contributed by atoms with Crippen LogP contribution >= 0.6 is 0 Å². The van der Waals surface area contributed by atoms with Crippen LogP contribution in [-0.2, 0) is 0 Å². The van der Waals surface area contributed by atoms with Crippen molar-refractivity contribution in [3.05, 3.63) is 41.7 Å². The van der Waals surface area contributed by atoms with Gasteiger partial charge in [-0.05, 0) is 12.1 Å². The van der Waals surface area contributed by atoms with Gasteiger partial charge in [0.25, 0.3) is 0 Å². The fourth-order valence-corrected chi connectivity index (χ4v) is 2.18. The van der Waals surface area contributed by atoms with Crippen LogP contribution in [0.25, 0.3) is 5.69 Å². The zero-order valence-electron chi connectivity index (χ0n) is 9.56. The minimum absolute atomic E-state index is 0.00972. The summed E-state index contributed by atoms with van der Waals surface area (Å²) in [7, 11) is 3.14. The van der Waals surface area contributed by atoms with Crippen molar-refractivity contribution < 1.29 is 14.3 Å². The van der Waals surface area contributed by atoms with E-state index in [2.05, 4.69) is 0 Å². The van der Waals surface area contributed by atoms with Gasteiger partial charge in [-0.1, -0.05) is 0 Å². The van der Waals surface area contributed by atoms with Crippen molar-refractivity contribution in [2.45, 2.75) is 0 Å². The Morgan fingerprint density at radius 1 is 1.18 bits per heavy atom. The summed E-state index contributed by atoms with van der Waals surface area (Å²) in [5, 5.41) is 0. The lowest BCUT2D eigenvalue weighted by molar-refractivity contribution is 0.103. The van der Waals surface area contributed by atoms with Gasteiger partial charge in [0.05, 0.1) is 31.2 Å². The fraction of sp³-hybridized carbons (Fsp3) is 0.154. The van der Waals surface area contributed by atoms with Crippen LogP contribution in [0.2, 0.25) is 0 Å². The second-order valence-electron chi connectivity index (χ2n) is 3.82. The molecule has 1 aliphatic heterocycles. The number of rotatable bonds is 2. The number of methoxy groups -OCH3 is 2. The zero-order valence-corrected chi connectivity index (χ0v) is 9.56. The number of ketones is 1. The number of aromatic nitrogens is 1. The van der Waals surface area contributed by atoms with Gasteiger partial charge in [-0.2, -0.15) is 0 Å². The predicted octanol–water partition coefficient (Wildman–Crippen LogP) is 2.04. The van der Waals surface area contributed by atoms with Gasteiger partial charge in [-0.3, -0.25) is 4.79 Å². The van der Waals surface area contributed by atoms with E-state index < -0.39 is 0 Å². The van der Waals surface area contributed by atoms with Gasteiger partial charge in [0.2, 0.25) is 5.78 Å². The maximum atomic E-state index is 12.2. The van der Waals surface area contributed by atoms with Crippen molar-refractivity contribution in [2.24, 2.45) is 0 Å². The Bertz CT molecular complexity index is 613. The van der Waals surface area contributed by atoms with Crippen molar-refractivity contribution in [3.8, 4) is 17.2 Å². The molecule has 3 rings (SSSR count). The highest BCUT2D eigenvalue weighted by Gasteiger charge is 2.30. The molecule has 4 heteroatoms. The quantitative estimate of drug-likeness (QED) is 0.675. The van der Waals surface area contributed by atoms with E-state index in [9.17, 15) is 4.79 Å². The number of hydrogen-bond donors (Lipinski definition) is 0. The van der Waals surface area contributed by atoms with Gasteiger partial charge in [0, 0.05) is 18.3 Å². The Morgan fingerprint density at radius 3 is 2.71 bits per heavy atom. The predicted molar refractivity (Wildman–Crippen MR) is 62.3 cm³/mol. The van der Waals surface area contributed by atoms with Crippen LogP contribution in [0.4, 0.5) is 0 Å². The number of carbonyl (C=O) groups is 1. The molecule has 1 aromatic carbocycles. The number of fused-ring (bicyclic) bond motifs is 3. The lowest BCUT2D eigenvalue weighted by Crippen LogP contribution is -1.99. The van der Waals surface area contributed by atoms with E-state index in [0.29, 0.717) is 22.8 Å². The Hall–Kier alpha value is -2.23. The molecule has 17 heavy (non-hydrogen) atoms. The van der Waals surface area contributed by atoms with Crippen molar-refractivity contribution in [3.63, 3.8) is 0 Å². The van der Waals surface area contributed by atoms with Gasteiger partial charge in [0.15, 0.2) is 0 Å². The summed E-state index contributed by atoms with van der Waals surface area (Å²) >= 11 is 0. The molecule has 0 amide bonds. The molecule has 2 aromatic rings. The van der Waals surface area contributed by atoms with Gasteiger partial charge in [-0.25, -0.2) is 0 Å². The summed E-state index contributed by atoms with van der Waals surface area (Å²) in [4.78, 5) is 12.2. The van der Waals surface area contributed by atoms with Crippen molar-refractivity contribution in [1.82, 2.24) is 4.57 Å². The third-order valence-corrected chi connectivity index (χ3v) is 2.98. The Balaban J connectivity index is 2.33. The first kappa shape index (κ1) is 9.96. The molecule has 0 N–H and O–H groups in total. The molecule has 0 bridgehead atoms. The second kappa shape index (κ2) is 3.38. The Labute approximate surface area is 98.4 Å². The first-order chi connectivity index (χ1) is 8.26. The lowest BCUT2D eigenvalue weighted by Gasteiger charge is -2.09. The Kier molecular flexibility index (Phi) is 1.98. The summed E-state index contributed by atoms with van der Waals surface area (Å²) < 4.78 is 12.3. The van der Waals surface area contributed by atoms with E-state index in [1.54, 1.807) is 26.4 Å². The maximum Gasteiger partial charge on any atom is 0.215 e. The summed E-state index contributed by atoms with van der Waals surface area (Å²) in [6.07, 6.45) is 1.86. The molecule has 0 radical (unpaired) electrons. The molecule has 0 unspecified atom stereocenters. The second-order valence-corrected chi connectivity index (χ2v) is 3.82. The molecule has 1 aliphatic rings. The van der Waals surface area contributed by atoms with Crippen LogP contribution < -0.4 is 9.47 Å². The van der Waals surface area contributed by atoms with Crippen LogP contribution in [0.15, 0.2) is 30.5 Å². The number of carbonyl (C=O) groups excluding carboxylic acids is 1. The topological polar surface area (TPSA) is 40.5 Å². The van der Waals surface area contributed by atoms with E-state index in [4.69, 9.17) is 9.47 Å². The normalized spacial score (nSPS) is 12.2. The molecular weight excluding hydrogens is 218 g/mol. The number of benzene rings is 1. The first-order valence-corrected chi connectivity index (χ1v) is 5.24. The molecule has 0 aliphatic carbocycles. The summed E-state index contributed by atoms with van der Waals surface area (Å²) in [5.74, 6) is 1.22. The molecule has 1 aromatic heterocycles. The van der Waals surface area contributed by atoms with Crippen molar-refractivity contribution >= 4 is 5.78 Å². The molecule has 0 atom stereocenters. The third-order valence-electron chi connectivity index (χ3n) is 2.98. The minimum atomic E-state index is -0.00972. The van der Waals surface area contributed by atoms with E-state index >= 15 is 0 Å². The van der Waals surface area contributed by atoms with E-state index in [-0.39, 0.29) is 5.78 Å². The molecule has 0 fully saturated rings. The first-order valence-electron chi connectivity index (χ1n) is 5.24. The standard InChI is InChI=1S/C13H11NO3/c1-16-8-6-10-12(11(7-8)17-2)13(15)9-4-3-5-14(9)10/h3-7H,1-2H3. The van der Waals surface area contributed by atoms with Gasteiger partial charge in [0.1, 0.15) is 11.5 Å². The molecule has 0 saturated carbocycles. The highest BCUT2D eigenvalue weighted by molar-refractivity contribution is 6.15. The average molecular weight is 229 g/mol. The Morgan fingerprint density at radius 2 is 2.00 bits per heavy atom. The SMILES string of the molecule is COc1cc(OC)c2c(c1)-n1cccc1C2=O. The average Bonchev–Trinajstić information content (AvgIpc) is 2.93.